The Morgan fingerprint density at radius 1 is 1.16 bits per heavy atom. The van der Waals surface area contributed by atoms with E-state index in [-0.39, 0.29) is 0 Å². The van der Waals surface area contributed by atoms with Gasteiger partial charge in [0.05, 0.1) is 0 Å². The summed E-state index contributed by atoms with van der Waals surface area (Å²) in [7, 11) is 0. The third-order valence-corrected chi connectivity index (χ3v) is 4.09. The van der Waals surface area contributed by atoms with E-state index in [1.54, 1.807) is 6.20 Å². The van der Waals surface area contributed by atoms with Gasteiger partial charge in [-0.2, -0.15) is 0 Å². The molecule has 3 nitrogen and oxygen atoms in total. The maximum atomic E-state index is 6.16. The molecule has 2 heterocycles. The first-order chi connectivity index (χ1) is 9.02. The van der Waals surface area contributed by atoms with Crippen LogP contribution in [0, 0.1) is 0 Å². The van der Waals surface area contributed by atoms with E-state index < -0.39 is 0 Å². The van der Waals surface area contributed by atoms with Crippen molar-refractivity contribution in [3.05, 3.63) is 37.1 Å². The molecule has 0 fully saturated rings. The largest absolute Gasteiger partial charge is 0.251 e. The van der Waals surface area contributed by atoms with E-state index in [0.717, 1.165) is 27.4 Å². The van der Waals surface area contributed by atoms with Gasteiger partial charge in [-0.15, -0.1) is 0 Å². The SMILES string of the molecule is CCCc1c(Cl)nc(-c2ncc(Br)cc2Br)nc1Cl. The minimum Gasteiger partial charge on any atom is -0.251 e. The molecule has 2 aromatic heterocycles. The lowest BCUT2D eigenvalue weighted by Crippen LogP contribution is -1.99. The molecule has 0 aliphatic heterocycles. The quantitative estimate of drug-likeness (QED) is 0.624. The smallest absolute Gasteiger partial charge is 0.182 e. The molecule has 2 rings (SSSR count). The Hall–Kier alpha value is -0.230. The van der Waals surface area contributed by atoms with Crippen LogP contribution in [0.2, 0.25) is 10.3 Å². The first-order valence-electron chi connectivity index (χ1n) is 5.56. The topological polar surface area (TPSA) is 38.7 Å². The first-order valence-corrected chi connectivity index (χ1v) is 7.90. The van der Waals surface area contributed by atoms with E-state index >= 15 is 0 Å². The summed E-state index contributed by atoms with van der Waals surface area (Å²) < 4.78 is 1.64. The van der Waals surface area contributed by atoms with Gasteiger partial charge in [-0.1, -0.05) is 36.5 Å². The van der Waals surface area contributed by atoms with E-state index in [2.05, 4.69) is 46.8 Å². The second-order valence-corrected chi connectivity index (χ2v) is 6.33. The molecule has 0 aliphatic carbocycles. The Balaban J connectivity index is 2.52. The molecular formula is C12H9Br2Cl2N3. The van der Waals surface area contributed by atoms with Gasteiger partial charge < -0.3 is 0 Å². The monoisotopic (exact) mass is 423 g/mol. The van der Waals surface area contributed by atoms with Gasteiger partial charge in [-0.05, 0) is 44.3 Å². The van der Waals surface area contributed by atoms with Crippen LogP contribution in [-0.4, -0.2) is 15.0 Å². The molecule has 0 aliphatic rings. The molecule has 2 aromatic rings. The average molecular weight is 426 g/mol. The summed E-state index contributed by atoms with van der Waals surface area (Å²) in [4.78, 5) is 12.8. The van der Waals surface area contributed by atoms with Crippen LogP contribution in [0.3, 0.4) is 0 Å². The molecule has 0 aromatic carbocycles. The summed E-state index contributed by atoms with van der Waals surface area (Å²) >= 11 is 19.1. The van der Waals surface area contributed by atoms with Crippen LogP contribution in [0.4, 0.5) is 0 Å². The Morgan fingerprint density at radius 2 is 1.79 bits per heavy atom. The predicted octanol–water partition coefficient (Wildman–Crippen LogP) is 5.32. The number of pyridine rings is 1. The fourth-order valence-corrected chi connectivity index (χ4v) is 3.31. The molecule has 7 heteroatoms. The zero-order valence-corrected chi connectivity index (χ0v) is 14.6. The van der Waals surface area contributed by atoms with Gasteiger partial charge in [-0.25, -0.2) is 9.97 Å². The van der Waals surface area contributed by atoms with Crippen LogP contribution in [0.25, 0.3) is 11.5 Å². The van der Waals surface area contributed by atoms with Gasteiger partial charge in [0, 0.05) is 20.7 Å². The van der Waals surface area contributed by atoms with Gasteiger partial charge in [-0.3, -0.25) is 4.98 Å². The first kappa shape index (κ1) is 15.2. The summed E-state index contributed by atoms with van der Waals surface area (Å²) in [5.41, 5.74) is 1.39. The lowest BCUT2D eigenvalue weighted by molar-refractivity contribution is 0.902. The number of nitrogens with zero attached hydrogens (tertiary/aromatic N) is 3. The maximum absolute atomic E-state index is 6.16. The molecule has 0 amide bonds. The molecule has 0 spiro atoms. The lowest BCUT2D eigenvalue weighted by atomic mass is 10.2. The highest BCUT2D eigenvalue weighted by atomic mass is 79.9. The Kier molecular flexibility index (Phi) is 5.17. The molecular weight excluding hydrogens is 417 g/mol. The number of rotatable bonds is 3. The molecule has 0 N–H and O–H groups in total. The van der Waals surface area contributed by atoms with E-state index in [9.17, 15) is 0 Å². The maximum Gasteiger partial charge on any atom is 0.182 e. The van der Waals surface area contributed by atoms with E-state index in [0.29, 0.717) is 21.8 Å². The van der Waals surface area contributed by atoms with E-state index in [4.69, 9.17) is 23.2 Å². The van der Waals surface area contributed by atoms with Crippen LogP contribution in [0.5, 0.6) is 0 Å². The molecule has 0 saturated carbocycles. The molecule has 0 radical (unpaired) electrons. The van der Waals surface area contributed by atoms with Crippen molar-refractivity contribution >= 4 is 55.1 Å². The van der Waals surface area contributed by atoms with Crippen molar-refractivity contribution in [3.63, 3.8) is 0 Å². The highest BCUT2D eigenvalue weighted by Crippen LogP contribution is 2.30. The van der Waals surface area contributed by atoms with Crippen molar-refractivity contribution in [1.29, 1.82) is 0 Å². The van der Waals surface area contributed by atoms with Crippen molar-refractivity contribution in [3.8, 4) is 11.5 Å². The Labute approximate surface area is 138 Å². The third kappa shape index (κ3) is 3.45. The molecule has 19 heavy (non-hydrogen) atoms. The van der Waals surface area contributed by atoms with E-state index in [1.165, 1.54) is 0 Å². The molecule has 0 unspecified atom stereocenters. The minimum atomic E-state index is 0.383. The van der Waals surface area contributed by atoms with Crippen LogP contribution < -0.4 is 0 Å². The van der Waals surface area contributed by atoms with Crippen molar-refractivity contribution in [2.24, 2.45) is 0 Å². The van der Waals surface area contributed by atoms with Gasteiger partial charge in [0.25, 0.3) is 0 Å². The van der Waals surface area contributed by atoms with Crippen LogP contribution in [-0.2, 0) is 6.42 Å². The van der Waals surface area contributed by atoms with E-state index in [1.807, 2.05) is 13.0 Å². The summed E-state index contributed by atoms with van der Waals surface area (Å²) in [6.07, 6.45) is 3.36. The fraction of sp³-hybridized carbons (Fsp3) is 0.250. The number of hydrogen-bond donors (Lipinski definition) is 0. The number of halogens is 4. The number of aromatic nitrogens is 3. The summed E-state index contributed by atoms with van der Waals surface area (Å²) in [5.74, 6) is 0.411. The minimum absolute atomic E-state index is 0.383. The van der Waals surface area contributed by atoms with Crippen LogP contribution in [0.15, 0.2) is 21.2 Å². The van der Waals surface area contributed by atoms with Crippen molar-refractivity contribution in [2.75, 3.05) is 0 Å². The van der Waals surface area contributed by atoms with Gasteiger partial charge in [0.1, 0.15) is 16.0 Å². The molecule has 0 bridgehead atoms. The second kappa shape index (κ2) is 6.48. The molecule has 0 saturated heterocycles. The second-order valence-electron chi connectivity index (χ2n) is 3.84. The number of hydrogen-bond acceptors (Lipinski definition) is 3. The van der Waals surface area contributed by atoms with Crippen molar-refractivity contribution in [1.82, 2.24) is 15.0 Å². The highest BCUT2D eigenvalue weighted by Gasteiger charge is 2.15. The van der Waals surface area contributed by atoms with Gasteiger partial charge >= 0.3 is 0 Å². The fourth-order valence-electron chi connectivity index (χ4n) is 1.57. The van der Waals surface area contributed by atoms with Crippen molar-refractivity contribution < 1.29 is 0 Å². The summed E-state index contributed by atoms with van der Waals surface area (Å²) in [6, 6.07) is 1.87. The summed E-state index contributed by atoms with van der Waals surface area (Å²) in [6.45, 7) is 2.05. The highest BCUT2D eigenvalue weighted by molar-refractivity contribution is 9.11. The predicted molar refractivity (Wildman–Crippen MR) is 84.7 cm³/mol. The summed E-state index contributed by atoms with van der Waals surface area (Å²) in [5, 5.41) is 0.766. The van der Waals surface area contributed by atoms with Gasteiger partial charge in [0.15, 0.2) is 5.82 Å². The Morgan fingerprint density at radius 3 is 2.32 bits per heavy atom. The van der Waals surface area contributed by atoms with Crippen LogP contribution in [0.1, 0.15) is 18.9 Å². The van der Waals surface area contributed by atoms with Crippen LogP contribution >= 0.6 is 55.1 Å². The third-order valence-electron chi connectivity index (χ3n) is 2.43. The normalized spacial score (nSPS) is 10.8. The average Bonchev–Trinajstić information content (AvgIpc) is 2.33. The molecule has 100 valence electrons. The van der Waals surface area contributed by atoms with Gasteiger partial charge in [0.2, 0.25) is 0 Å². The lowest BCUT2D eigenvalue weighted by Gasteiger charge is -2.08. The van der Waals surface area contributed by atoms with Crippen molar-refractivity contribution in [2.45, 2.75) is 19.8 Å². The zero-order chi connectivity index (χ0) is 14.0. The zero-order valence-electron chi connectivity index (χ0n) is 9.92. The standard InChI is InChI=1S/C12H9Br2Cl2N3/c1-2-3-7-10(15)18-12(19-11(7)16)9-8(14)4-6(13)5-17-9/h4-5H,2-3H2,1H3. The molecule has 0 atom stereocenters. The Bertz CT molecular complexity index is 597.